The number of pyridine rings is 1. The number of aromatic nitrogens is 1. The molecule has 0 N–H and O–H groups in total. The number of ether oxygens (including phenoxy) is 1. The Bertz CT molecular complexity index is 1160. The van der Waals surface area contributed by atoms with Crippen LogP contribution in [0.5, 0.6) is 0 Å². The third-order valence-electron chi connectivity index (χ3n) is 6.41. The van der Waals surface area contributed by atoms with Crippen molar-refractivity contribution in [2.24, 2.45) is 0 Å². The Morgan fingerprint density at radius 3 is 2.47 bits per heavy atom. The molecule has 2 amide bonds. The Kier molecular flexibility index (Phi) is 6.70. The molecule has 0 atom stereocenters. The first-order valence-electron chi connectivity index (χ1n) is 11.4. The summed E-state index contributed by atoms with van der Waals surface area (Å²) in [5.41, 5.74) is 3.71. The average molecular weight is 458 g/mol. The predicted octanol–water partition coefficient (Wildman–Crippen LogP) is 3.31. The van der Waals surface area contributed by atoms with Crippen molar-refractivity contribution in [1.82, 2.24) is 9.88 Å². The lowest BCUT2D eigenvalue weighted by molar-refractivity contribution is 0.0746. The van der Waals surface area contributed by atoms with Gasteiger partial charge in [-0.1, -0.05) is 6.07 Å². The molecule has 5 rings (SSSR count). The highest BCUT2D eigenvalue weighted by molar-refractivity contribution is 5.98. The maximum absolute atomic E-state index is 13.1. The number of hydrogen-bond acceptors (Lipinski definition) is 6. The van der Waals surface area contributed by atoms with Crippen molar-refractivity contribution in [1.29, 1.82) is 5.26 Å². The van der Waals surface area contributed by atoms with Gasteiger partial charge in [-0.2, -0.15) is 5.26 Å². The van der Waals surface area contributed by atoms with Crippen molar-refractivity contribution in [3.05, 3.63) is 52.7 Å². The van der Waals surface area contributed by atoms with Crippen LogP contribution in [0.2, 0.25) is 0 Å². The molecule has 34 heavy (non-hydrogen) atoms. The summed E-state index contributed by atoms with van der Waals surface area (Å²) in [6, 6.07) is 9.28. The van der Waals surface area contributed by atoms with Crippen LogP contribution >= 0.6 is 0 Å². The van der Waals surface area contributed by atoms with Gasteiger partial charge in [0.2, 0.25) is 0 Å². The van der Waals surface area contributed by atoms with Crippen molar-refractivity contribution in [3.63, 3.8) is 0 Å². The first-order chi connectivity index (χ1) is 16.5. The number of aryl methyl sites for hydroxylation is 1. The Labute approximate surface area is 199 Å². The third-order valence-corrected chi connectivity index (χ3v) is 6.41. The van der Waals surface area contributed by atoms with Gasteiger partial charge < -0.3 is 14.5 Å². The van der Waals surface area contributed by atoms with E-state index in [1.165, 1.54) is 28.9 Å². The zero-order valence-electron chi connectivity index (χ0n) is 19.2. The molecular weight excluding hydrogens is 430 g/mol. The van der Waals surface area contributed by atoms with E-state index in [1.807, 2.05) is 6.20 Å². The number of anilines is 2. The van der Waals surface area contributed by atoms with Gasteiger partial charge in [-0.15, -0.1) is 12.8 Å². The van der Waals surface area contributed by atoms with Crippen molar-refractivity contribution in [2.45, 2.75) is 25.7 Å². The Balaban J connectivity index is 0.00000133. The first kappa shape index (κ1) is 23.1. The van der Waals surface area contributed by atoms with Crippen LogP contribution in [0, 0.1) is 31.1 Å². The summed E-state index contributed by atoms with van der Waals surface area (Å²) < 4.78 is 4.96. The number of rotatable bonds is 4. The Morgan fingerprint density at radius 1 is 1.15 bits per heavy atom. The molecule has 8 heteroatoms. The van der Waals surface area contributed by atoms with Crippen LogP contribution < -0.4 is 9.80 Å². The van der Waals surface area contributed by atoms with Crippen LogP contribution in [0.15, 0.2) is 30.5 Å². The van der Waals surface area contributed by atoms with E-state index in [1.54, 1.807) is 23.1 Å². The number of terminal acetylenes is 1. The molecule has 1 aromatic carbocycles. The molecule has 3 heterocycles. The van der Waals surface area contributed by atoms with Crippen LogP contribution in [0.25, 0.3) is 0 Å². The van der Waals surface area contributed by atoms with Crippen LogP contribution in [0.4, 0.5) is 16.3 Å². The van der Waals surface area contributed by atoms with Gasteiger partial charge in [-0.05, 0) is 55.0 Å². The van der Waals surface area contributed by atoms with Crippen LogP contribution in [-0.2, 0) is 4.74 Å². The van der Waals surface area contributed by atoms with Gasteiger partial charge in [0.15, 0.2) is 0 Å². The molecule has 1 saturated carbocycles. The molecule has 3 aliphatic rings. The SMILES string of the molecule is C#C.Cc1cc(C2CC2)cnc1N1CCN(C(=O)c2ccc(N3CCOC3=O)cc2C#N)CC1. The number of benzene rings is 1. The van der Waals surface area contributed by atoms with E-state index < -0.39 is 6.09 Å². The molecule has 1 aromatic heterocycles. The smallest absolute Gasteiger partial charge is 0.414 e. The van der Waals surface area contributed by atoms with E-state index in [9.17, 15) is 14.9 Å². The van der Waals surface area contributed by atoms with Gasteiger partial charge in [-0.3, -0.25) is 9.69 Å². The summed E-state index contributed by atoms with van der Waals surface area (Å²) in [6.45, 7) is 5.38. The zero-order chi connectivity index (χ0) is 24.2. The van der Waals surface area contributed by atoms with Crippen molar-refractivity contribution >= 4 is 23.5 Å². The lowest BCUT2D eigenvalue weighted by atomic mass is 10.0. The van der Waals surface area contributed by atoms with Gasteiger partial charge >= 0.3 is 6.09 Å². The molecule has 0 bridgehead atoms. The fraction of sp³-hybridized carbons (Fsp3) is 0.385. The van der Waals surface area contributed by atoms with Gasteiger partial charge in [0.1, 0.15) is 18.5 Å². The van der Waals surface area contributed by atoms with Crippen LogP contribution in [0.1, 0.15) is 45.8 Å². The second kappa shape index (κ2) is 9.84. The minimum Gasteiger partial charge on any atom is -0.447 e. The van der Waals surface area contributed by atoms with Crippen LogP contribution in [0.3, 0.4) is 0 Å². The highest BCUT2D eigenvalue weighted by atomic mass is 16.6. The summed E-state index contributed by atoms with van der Waals surface area (Å²) >= 11 is 0. The van der Waals surface area contributed by atoms with Gasteiger partial charge in [-0.25, -0.2) is 9.78 Å². The number of nitriles is 1. The van der Waals surface area contributed by atoms with Crippen LogP contribution in [-0.4, -0.2) is 61.2 Å². The maximum atomic E-state index is 13.1. The van der Waals surface area contributed by atoms with Gasteiger partial charge in [0, 0.05) is 38.1 Å². The molecule has 2 aliphatic heterocycles. The highest BCUT2D eigenvalue weighted by Gasteiger charge is 2.29. The highest BCUT2D eigenvalue weighted by Crippen LogP contribution is 2.40. The maximum Gasteiger partial charge on any atom is 0.414 e. The predicted molar refractivity (Wildman–Crippen MR) is 129 cm³/mol. The summed E-state index contributed by atoms with van der Waals surface area (Å²) in [7, 11) is 0. The second-order valence-corrected chi connectivity index (χ2v) is 8.57. The summed E-state index contributed by atoms with van der Waals surface area (Å²) in [6.07, 6.45) is 12.1. The number of amides is 2. The minimum atomic E-state index is -0.432. The third kappa shape index (κ3) is 4.53. The largest absolute Gasteiger partial charge is 0.447 e. The Hall–Kier alpha value is -4.04. The monoisotopic (exact) mass is 457 g/mol. The molecule has 2 aromatic rings. The van der Waals surface area contributed by atoms with Gasteiger partial charge in [0.05, 0.1) is 17.7 Å². The van der Waals surface area contributed by atoms with Gasteiger partial charge in [0.25, 0.3) is 5.91 Å². The lowest BCUT2D eigenvalue weighted by Crippen LogP contribution is -2.49. The van der Waals surface area contributed by atoms with E-state index in [0.717, 1.165) is 5.82 Å². The molecule has 0 spiro atoms. The molecule has 3 fully saturated rings. The molecular formula is C26H27N5O3. The van der Waals surface area contributed by atoms with E-state index in [4.69, 9.17) is 9.72 Å². The number of hydrogen-bond donors (Lipinski definition) is 0. The number of carbonyl (C=O) groups excluding carboxylic acids is 2. The van der Waals surface area contributed by atoms with E-state index >= 15 is 0 Å². The molecule has 0 radical (unpaired) electrons. The standard InChI is InChI=1S/C24H25N5O3.C2H2/c1-16-12-19(17-2-3-17)15-26-22(16)27-6-8-28(9-7-27)23(30)21-5-4-20(13-18(21)14-25)29-10-11-32-24(29)31;1-2/h4-5,12-13,15,17H,2-3,6-11H2,1H3;1-2H. The molecule has 1 aliphatic carbocycles. The van der Waals surface area contributed by atoms with E-state index in [-0.39, 0.29) is 11.5 Å². The average Bonchev–Trinajstić information content (AvgIpc) is 3.65. The normalized spacial score (nSPS) is 17.5. The quantitative estimate of drug-likeness (QED) is 0.655. The van der Waals surface area contributed by atoms with Crippen molar-refractivity contribution in [2.75, 3.05) is 49.1 Å². The van der Waals surface area contributed by atoms with E-state index in [0.29, 0.717) is 56.5 Å². The molecule has 174 valence electrons. The van der Waals surface area contributed by atoms with Crippen molar-refractivity contribution in [3.8, 4) is 18.9 Å². The zero-order valence-corrected chi connectivity index (χ0v) is 19.2. The van der Waals surface area contributed by atoms with Crippen molar-refractivity contribution < 1.29 is 14.3 Å². The summed E-state index contributed by atoms with van der Waals surface area (Å²) in [5, 5.41) is 9.61. The minimum absolute atomic E-state index is 0.162. The number of nitrogens with zero attached hydrogens (tertiary/aromatic N) is 5. The second-order valence-electron chi connectivity index (χ2n) is 8.57. The molecule has 8 nitrogen and oxygen atoms in total. The number of piperazine rings is 1. The first-order valence-corrected chi connectivity index (χ1v) is 11.4. The summed E-state index contributed by atoms with van der Waals surface area (Å²) in [5.74, 6) is 1.51. The number of cyclic esters (lactones) is 1. The summed E-state index contributed by atoms with van der Waals surface area (Å²) in [4.78, 5) is 35.1. The topological polar surface area (TPSA) is 89.8 Å². The fourth-order valence-electron chi connectivity index (χ4n) is 4.46. The molecule has 0 unspecified atom stereocenters. The lowest BCUT2D eigenvalue weighted by Gasteiger charge is -2.36. The molecule has 2 saturated heterocycles. The Morgan fingerprint density at radius 2 is 1.88 bits per heavy atom. The fourth-order valence-corrected chi connectivity index (χ4v) is 4.46. The van der Waals surface area contributed by atoms with E-state index in [2.05, 4.69) is 36.8 Å². The number of carbonyl (C=O) groups is 2.